The number of anilines is 1. The highest BCUT2D eigenvalue weighted by molar-refractivity contribution is 6.06. The van der Waals surface area contributed by atoms with Gasteiger partial charge in [-0.25, -0.2) is 15.0 Å². The van der Waals surface area contributed by atoms with E-state index >= 15 is 0 Å². The van der Waals surface area contributed by atoms with Gasteiger partial charge in [0.25, 0.3) is 5.91 Å². The molecule has 0 spiro atoms. The molecular weight excluding hydrogens is 655 g/mol. The molecule has 3 aliphatic rings. The number of pyridine rings is 2. The number of piperidine rings is 1. The van der Waals surface area contributed by atoms with Crippen molar-refractivity contribution in [1.29, 1.82) is 0 Å². The summed E-state index contributed by atoms with van der Waals surface area (Å²) in [5.74, 6) is -1.51. The molecule has 4 aromatic heterocycles. The fraction of sp³-hybridized carbons (Fsp3) is 0.471. The van der Waals surface area contributed by atoms with Crippen molar-refractivity contribution in [2.24, 2.45) is 11.1 Å². The van der Waals surface area contributed by atoms with E-state index < -0.39 is 41.0 Å². The van der Waals surface area contributed by atoms with Gasteiger partial charge in [-0.15, -0.1) is 0 Å². The van der Waals surface area contributed by atoms with Gasteiger partial charge in [-0.2, -0.15) is 18.3 Å². The number of carbonyl (C=O) groups excluding carboxylic acids is 3. The van der Waals surface area contributed by atoms with E-state index in [0.29, 0.717) is 65.3 Å². The number of hydrogen-bond acceptors (Lipinski definition) is 9. The van der Waals surface area contributed by atoms with Gasteiger partial charge in [-0.1, -0.05) is 18.9 Å². The molecule has 4 aromatic rings. The number of carbonyl (C=O) groups is 3. The van der Waals surface area contributed by atoms with E-state index in [-0.39, 0.29) is 30.5 Å². The lowest BCUT2D eigenvalue weighted by Gasteiger charge is -2.27. The molecule has 2 fully saturated rings. The molecule has 1 saturated carbocycles. The third-order valence-electron chi connectivity index (χ3n) is 9.87. The molecule has 0 radical (unpaired) electrons. The summed E-state index contributed by atoms with van der Waals surface area (Å²) in [6.07, 6.45) is 3.42. The van der Waals surface area contributed by atoms with E-state index in [1.807, 2.05) is 0 Å². The summed E-state index contributed by atoms with van der Waals surface area (Å²) >= 11 is 0. The molecule has 7 rings (SSSR count). The van der Waals surface area contributed by atoms with Crippen molar-refractivity contribution >= 4 is 34.4 Å². The van der Waals surface area contributed by atoms with Crippen molar-refractivity contribution in [3.8, 4) is 11.3 Å². The van der Waals surface area contributed by atoms with E-state index in [2.05, 4.69) is 25.4 Å². The molecule has 6 heterocycles. The van der Waals surface area contributed by atoms with Gasteiger partial charge < -0.3 is 20.7 Å². The third-order valence-corrected chi connectivity index (χ3v) is 9.87. The Morgan fingerprint density at radius 2 is 1.82 bits per heavy atom. The molecule has 3 N–H and O–H groups in total. The first-order chi connectivity index (χ1) is 23.8. The molecule has 2 bridgehead atoms. The van der Waals surface area contributed by atoms with Crippen LogP contribution in [0.25, 0.3) is 22.2 Å². The van der Waals surface area contributed by atoms with Crippen LogP contribution in [0.5, 0.6) is 0 Å². The van der Waals surface area contributed by atoms with Crippen LogP contribution in [0.15, 0.2) is 30.6 Å². The number of nitrogens with one attached hydrogen (secondary N) is 1. The number of hydrogen-bond donors (Lipinski definition) is 2. The normalized spacial score (nSPS) is 22.7. The Labute approximate surface area is 284 Å². The van der Waals surface area contributed by atoms with Gasteiger partial charge in [0, 0.05) is 41.4 Å². The van der Waals surface area contributed by atoms with Crippen molar-refractivity contribution in [3.63, 3.8) is 0 Å². The predicted molar refractivity (Wildman–Crippen MR) is 173 cm³/mol. The average molecular weight is 692 g/mol. The molecule has 0 unspecified atom stereocenters. The molecule has 262 valence electrons. The van der Waals surface area contributed by atoms with Crippen molar-refractivity contribution in [3.05, 3.63) is 59.1 Å². The number of rotatable bonds is 4. The quantitative estimate of drug-likeness (QED) is 0.319. The van der Waals surface area contributed by atoms with Crippen LogP contribution in [0.1, 0.15) is 71.8 Å². The van der Waals surface area contributed by atoms with Gasteiger partial charge in [-0.05, 0) is 63.6 Å². The minimum Gasteiger partial charge on any atom is -0.381 e. The number of aryl methyl sites for hydroxylation is 3. The smallest absolute Gasteiger partial charge is 0.381 e. The lowest BCUT2D eigenvalue weighted by Crippen LogP contribution is -2.47. The van der Waals surface area contributed by atoms with Gasteiger partial charge in [0.05, 0.1) is 23.5 Å². The van der Waals surface area contributed by atoms with Crippen molar-refractivity contribution in [1.82, 2.24) is 34.6 Å². The van der Waals surface area contributed by atoms with Gasteiger partial charge in [0.15, 0.2) is 5.69 Å². The fourth-order valence-electron chi connectivity index (χ4n) is 7.20. The minimum atomic E-state index is -4.70. The van der Waals surface area contributed by atoms with Crippen LogP contribution in [-0.4, -0.2) is 77.6 Å². The fourth-order valence-corrected chi connectivity index (χ4v) is 7.20. The molecule has 1 aliphatic carbocycles. The van der Waals surface area contributed by atoms with Crippen LogP contribution in [0, 0.1) is 19.3 Å². The first-order valence-corrected chi connectivity index (χ1v) is 16.6. The van der Waals surface area contributed by atoms with Crippen LogP contribution >= 0.6 is 0 Å². The second-order valence-electron chi connectivity index (χ2n) is 13.4. The Kier molecular flexibility index (Phi) is 8.52. The van der Waals surface area contributed by atoms with E-state index in [1.54, 1.807) is 32.3 Å². The van der Waals surface area contributed by atoms with Crippen molar-refractivity contribution in [2.45, 2.75) is 83.6 Å². The van der Waals surface area contributed by atoms with Crippen LogP contribution in [-0.2, 0) is 33.5 Å². The highest BCUT2D eigenvalue weighted by Gasteiger charge is 2.67. The number of nitrogens with zero attached hydrogens (tertiary/aromatic N) is 7. The highest BCUT2D eigenvalue weighted by atomic mass is 19.4. The number of alkyl halides is 3. The predicted octanol–water partition coefficient (Wildman–Crippen LogP) is 4.15. The summed E-state index contributed by atoms with van der Waals surface area (Å²) in [5.41, 5.74) is 6.79. The van der Waals surface area contributed by atoms with Crippen molar-refractivity contribution in [2.75, 3.05) is 18.5 Å². The molecule has 50 heavy (non-hydrogen) atoms. The first kappa shape index (κ1) is 33.5. The summed E-state index contributed by atoms with van der Waals surface area (Å²) in [6, 6.07) is 2.46. The topological polar surface area (TPSA) is 171 Å². The lowest BCUT2D eigenvalue weighted by atomic mass is 10.00. The number of primary amides is 1. The van der Waals surface area contributed by atoms with E-state index in [0.717, 1.165) is 31.7 Å². The van der Waals surface area contributed by atoms with Gasteiger partial charge >= 0.3 is 6.18 Å². The molecule has 0 aromatic carbocycles. The van der Waals surface area contributed by atoms with Crippen LogP contribution < -0.4 is 11.1 Å². The number of ether oxygens (including phenoxy) is 1. The number of amides is 3. The zero-order valence-corrected chi connectivity index (χ0v) is 27.6. The Bertz CT molecular complexity index is 2000. The summed E-state index contributed by atoms with van der Waals surface area (Å²) in [7, 11) is 0. The Morgan fingerprint density at radius 3 is 2.56 bits per heavy atom. The summed E-state index contributed by atoms with van der Waals surface area (Å²) in [6.45, 7) is 3.85. The molecule has 13 nitrogen and oxygen atoms in total. The second kappa shape index (κ2) is 12.7. The largest absolute Gasteiger partial charge is 0.433 e. The molecule has 16 heteroatoms. The maximum Gasteiger partial charge on any atom is 0.433 e. The standard InChI is InChI=1S/C34H36F3N9O4/c1-18-8-9-25(34(35,36)37)42-31(18)43-32(49)24-12-33-13-26(33)46(24)27(47)16-45-29-21(28(44-45)30(38)48)11-23(20-14-39-19(2)40-15-20)41-22(29)7-5-3-4-6-10-50-17-33/h8-9,11,14-15,24,26H,3-7,10,12-13,16-17H2,1-2H3,(H2,38,48)(H,42,43,49)/t24-,26+,33-/m0/s1. The van der Waals surface area contributed by atoms with Gasteiger partial charge in [0.1, 0.15) is 29.9 Å². The van der Waals surface area contributed by atoms with Crippen LogP contribution in [0.3, 0.4) is 0 Å². The Balaban J connectivity index is 1.27. The van der Waals surface area contributed by atoms with Crippen LogP contribution in [0.4, 0.5) is 19.0 Å². The number of aromatic nitrogens is 6. The van der Waals surface area contributed by atoms with Gasteiger partial charge in [-0.3, -0.25) is 24.0 Å². The Hall–Kier alpha value is -4.99. The third kappa shape index (κ3) is 6.27. The summed E-state index contributed by atoms with van der Waals surface area (Å²) in [4.78, 5) is 59.5. The minimum absolute atomic E-state index is 0.0281. The zero-order chi connectivity index (χ0) is 35.4. The lowest BCUT2D eigenvalue weighted by molar-refractivity contribution is -0.141. The number of nitrogens with two attached hydrogens (primary N) is 1. The monoisotopic (exact) mass is 691 g/mol. The van der Waals surface area contributed by atoms with E-state index in [9.17, 15) is 27.6 Å². The highest BCUT2D eigenvalue weighted by Crippen LogP contribution is 2.60. The summed E-state index contributed by atoms with van der Waals surface area (Å²) < 4.78 is 47.8. The average Bonchev–Trinajstić information content (AvgIpc) is 3.47. The first-order valence-electron chi connectivity index (χ1n) is 16.6. The maximum absolute atomic E-state index is 14.3. The summed E-state index contributed by atoms with van der Waals surface area (Å²) in [5, 5.41) is 7.50. The number of halogens is 3. The Morgan fingerprint density at radius 1 is 1.06 bits per heavy atom. The molecule has 2 aliphatic heterocycles. The second-order valence-corrected chi connectivity index (χ2v) is 13.4. The van der Waals surface area contributed by atoms with Crippen LogP contribution in [0.2, 0.25) is 0 Å². The maximum atomic E-state index is 14.3. The van der Waals surface area contributed by atoms with E-state index in [4.69, 9.17) is 15.5 Å². The molecule has 1 saturated heterocycles. The van der Waals surface area contributed by atoms with Gasteiger partial charge in [0.2, 0.25) is 11.8 Å². The molecular formula is C34H36F3N9O4. The zero-order valence-electron chi connectivity index (χ0n) is 27.6. The van der Waals surface area contributed by atoms with E-state index in [1.165, 1.54) is 15.6 Å². The SMILES string of the molecule is Cc1ncc(-c2cc3c(C(N)=O)nn4c3c(n2)CCCCCCOC[C@@]23C[C@@H](C(=O)Nc5nc(C(F)(F)F)ccc5C)N(C(=O)C4)[C@@H]2C3)cn1. The van der Waals surface area contributed by atoms with Crippen molar-refractivity contribution < 1.29 is 32.3 Å². The molecule has 3 amide bonds. The molecule has 3 atom stereocenters.